The van der Waals surface area contributed by atoms with Crippen LogP contribution in [0.3, 0.4) is 0 Å². The number of methoxy groups -OCH3 is 1. The maximum absolute atomic E-state index is 12.9. The second-order valence-electron chi connectivity index (χ2n) is 5.71. The Labute approximate surface area is 153 Å². The third-order valence-electron chi connectivity index (χ3n) is 3.69. The molecular weight excluding hydrogens is 356 g/mol. The van der Waals surface area contributed by atoms with E-state index in [1.54, 1.807) is 25.5 Å². The van der Waals surface area contributed by atoms with Gasteiger partial charge in [0.2, 0.25) is 5.91 Å². The van der Waals surface area contributed by atoms with Crippen molar-refractivity contribution in [3.8, 4) is 0 Å². The first-order valence-electron chi connectivity index (χ1n) is 8.09. The van der Waals surface area contributed by atoms with Gasteiger partial charge in [0, 0.05) is 19.3 Å². The summed E-state index contributed by atoms with van der Waals surface area (Å²) < 4.78 is 11.8. The minimum atomic E-state index is -0.193. The number of fused-ring (bicyclic) bond motifs is 1. The van der Waals surface area contributed by atoms with Gasteiger partial charge in [-0.2, -0.15) is 0 Å². The molecule has 0 bridgehead atoms. The molecule has 0 saturated heterocycles. The lowest BCUT2D eigenvalue weighted by atomic mass is 10.4. The van der Waals surface area contributed by atoms with Gasteiger partial charge in [-0.05, 0) is 25.1 Å². The summed E-state index contributed by atoms with van der Waals surface area (Å²) >= 11 is 1.22. The molecule has 0 saturated carbocycles. The van der Waals surface area contributed by atoms with Crippen LogP contribution in [0.25, 0.3) is 11.0 Å². The predicted molar refractivity (Wildman–Crippen MR) is 98.5 cm³/mol. The fourth-order valence-corrected chi connectivity index (χ4v) is 3.32. The average Bonchev–Trinajstić information content (AvgIpc) is 3.25. The Balaban J connectivity index is 1.86. The minimum absolute atomic E-state index is 0.142. The van der Waals surface area contributed by atoms with Crippen molar-refractivity contribution in [2.45, 2.75) is 18.6 Å². The highest BCUT2D eigenvalue weighted by Gasteiger charge is 2.16. The number of ether oxygens (including phenoxy) is 1. The smallest absolute Gasteiger partial charge is 0.278 e. The second kappa shape index (κ2) is 8.24. The monoisotopic (exact) mass is 376 g/mol. The molecule has 3 heterocycles. The summed E-state index contributed by atoms with van der Waals surface area (Å²) in [6, 6.07) is 5.38. The molecule has 8 nitrogen and oxygen atoms in total. The number of hydrogen-bond acceptors (Lipinski definition) is 6. The van der Waals surface area contributed by atoms with Gasteiger partial charge in [0.15, 0.2) is 5.16 Å². The lowest BCUT2D eigenvalue weighted by Crippen LogP contribution is -2.29. The Hall–Kier alpha value is -2.52. The summed E-state index contributed by atoms with van der Waals surface area (Å²) in [5.74, 6) is 0.655. The maximum Gasteiger partial charge on any atom is 0.278 e. The van der Waals surface area contributed by atoms with Gasteiger partial charge in [-0.3, -0.25) is 14.2 Å². The van der Waals surface area contributed by atoms with E-state index < -0.39 is 0 Å². The SMILES string of the molecule is COCCNC(=O)CSc1nc2cc(C)[nH]c2c(=O)n1Cc1ccco1. The zero-order valence-electron chi connectivity index (χ0n) is 14.6. The second-order valence-corrected chi connectivity index (χ2v) is 6.65. The number of amides is 1. The zero-order valence-corrected chi connectivity index (χ0v) is 15.4. The van der Waals surface area contributed by atoms with Crippen LogP contribution < -0.4 is 10.9 Å². The Morgan fingerprint density at radius 3 is 3.08 bits per heavy atom. The van der Waals surface area contributed by atoms with E-state index in [-0.39, 0.29) is 23.8 Å². The van der Waals surface area contributed by atoms with Crippen LogP contribution in [0.4, 0.5) is 0 Å². The van der Waals surface area contributed by atoms with Gasteiger partial charge in [0.25, 0.3) is 5.56 Å². The summed E-state index contributed by atoms with van der Waals surface area (Å²) in [5, 5.41) is 3.22. The third-order valence-corrected chi connectivity index (χ3v) is 4.67. The van der Waals surface area contributed by atoms with Crippen LogP contribution in [0.2, 0.25) is 0 Å². The molecule has 3 aromatic heterocycles. The Bertz CT molecular complexity index is 946. The van der Waals surface area contributed by atoms with Gasteiger partial charge >= 0.3 is 0 Å². The molecule has 9 heteroatoms. The van der Waals surface area contributed by atoms with Crippen molar-refractivity contribution in [3.63, 3.8) is 0 Å². The molecule has 0 aliphatic heterocycles. The van der Waals surface area contributed by atoms with Crippen molar-refractivity contribution in [2.75, 3.05) is 26.0 Å². The number of nitrogens with one attached hydrogen (secondary N) is 2. The number of hydrogen-bond donors (Lipinski definition) is 2. The van der Waals surface area contributed by atoms with Crippen molar-refractivity contribution >= 4 is 28.7 Å². The van der Waals surface area contributed by atoms with Crippen molar-refractivity contribution in [1.82, 2.24) is 19.9 Å². The van der Waals surface area contributed by atoms with Gasteiger partial charge in [0.05, 0.1) is 30.7 Å². The van der Waals surface area contributed by atoms with E-state index in [9.17, 15) is 9.59 Å². The summed E-state index contributed by atoms with van der Waals surface area (Å²) in [6.45, 7) is 3.01. The van der Waals surface area contributed by atoms with Crippen molar-refractivity contribution < 1.29 is 13.9 Å². The molecule has 0 fully saturated rings. The summed E-state index contributed by atoms with van der Waals surface area (Å²) in [4.78, 5) is 32.4. The van der Waals surface area contributed by atoms with E-state index in [0.717, 1.165) is 5.69 Å². The largest absolute Gasteiger partial charge is 0.467 e. The normalized spacial score (nSPS) is 11.2. The van der Waals surface area contributed by atoms with E-state index >= 15 is 0 Å². The van der Waals surface area contributed by atoms with Gasteiger partial charge in [0.1, 0.15) is 11.3 Å². The number of carbonyl (C=O) groups is 1. The first-order chi connectivity index (χ1) is 12.6. The average molecular weight is 376 g/mol. The Morgan fingerprint density at radius 2 is 2.35 bits per heavy atom. The molecule has 0 atom stereocenters. The highest BCUT2D eigenvalue weighted by molar-refractivity contribution is 7.99. The van der Waals surface area contributed by atoms with Gasteiger partial charge in [-0.1, -0.05) is 11.8 Å². The number of furan rings is 1. The van der Waals surface area contributed by atoms with Crippen LogP contribution in [0.1, 0.15) is 11.5 Å². The lowest BCUT2D eigenvalue weighted by molar-refractivity contribution is -0.118. The molecule has 26 heavy (non-hydrogen) atoms. The predicted octanol–water partition coefficient (Wildman–Crippen LogP) is 1.53. The molecule has 1 amide bonds. The standard InChI is InChI=1S/C17H20N4O4S/c1-11-8-13-15(19-11)16(23)21(9-12-4-3-6-25-12)17(20-13)26-10-14(22)18-5-7-24-2/h3-4,6,8,19H,5,7,9-10H2,1-2H3,(H,18,22). The zero-order chi connectivity index (χ0) is 18.5. The summed E-state index contributed by atoms with van der Waals surface area (Å²) in [7, 11) is 1.58. The number of aromatic nitrogens is 3. The van der Waals surface area contributed by atoms with E-state index in [0.29, 0.717) is 35.1 Å². The molecule has 0 aliphatic rings. The lowest BCUT2D eigenvalue weighted by Gasteiger charge is -2.11. The van der Waals surface area contributed by atoms with Gasteiger partial charge in [-0.15, -0.1) is 0 Å². The fraction of sp³-hybridized carbons (Fsp3) is 0.353. The number of H-pyrrole nitrogens is 1. The first-order valence-corrected chi connectivity index (χ1v) is 9.08. The van der Waals surface area contributed by atoms with E-state index in [4.69, 9.17) is 9.15 Å². The topological polar surface area (TPSA) is 102 Å². The molecule has 3 aromatic rings. The van der Waals surface area contributed by atoms with Gasteiger partial charge in [-0.25, -0.2) is 4.98 Å². The van der Waals surface area contributed by atoms with Crippen molar-refractivity contribution in [2.24, 2.45) is 0 Å². The number of aryl methyl sites for hydroxylation is 1. The van der Waals surface area contributed by atoms with E-state index in [2.05, 4.69) is 15.3 Å². The van der Waals surface area contributed by atoms with Gasteiger partial charge < -0.3 is 19.5 Å². The maximum atomic E-state index is 12.9. The molecule has 0 spiro atoms. The van der Waals surface area contributed by atoms with Crippen molar-refractivity contribution in [1.29, 1.82) is 0 Å². The van der Waals surface area contributed by atoms with E-state index in [1.807, 2.05) is 13.0 Å². The Morgan fingerprint density at radius 1 is 1.50 bits per heavy atom. The molecular formula is C17H20N4O4S. The number of nitrogens with zero attached hydrogens (tertiary/aromatic N) is 2. The minimum Gasteiger partial charge on any atom is -0.467 e. The molecule has 0 aromatic carbocycles. The number of rotatable bonds is 8. The van der Waals surface area contributed by atoms with Crippen molar-refractivity contribution in [3.05, 3.63) is 46.3 Å². The van der Waals surface area contributed by atoms with Crippen LogP contribution >= 0.6 is 11.8 Å². The molecule has 3 rings (SSSR count). The summed E-state index contributed by atoms with van der Waals surface area (Å²) in [5.41, 5.74) is 1.70. The van der Waals surface area contributed by atoms with Crippen LogP contribution in [-0.2, 0) is 16.1 Å². The van der Waals surface area contributed by atoms with Crippen LogP contribution in [0.5, 0.6) is 0 Å². The first kappa shape index (κ1) is 18.3. The molecule has 2 N–H and O–H groups in total. The highest BCUT2D eigenvalue weighted by Crippen LogP contribution is 2.19. The highest BCUT2D eigenvalue weighted by atomic mass is 32.2. The molecule has 0 unspecified atom stereocenters. The number of aromatic amines is 1. The van der Waals surface area contributed by atoms with E-state index in [1.165, 1.54) is 16.3 Å². The fourth-order valence-electron chi connectivity index (χ4n) is 2.49. The Kier molecular flexibility index (Phi) is 5.79. The van der Waals surface area contributed by atoms with Crippen LogP contribution in [-0.4, -0.2) is 46.5 Å². The molecule has 0 radical (unpaired) electrons. The number of thioether (sulfide) groups is 1. The number of carbonyl (C=O) groups excluding carboxylic acids is 1. The quantitative estimate of drug-likeness (QED) is 0.351. The molecule has 138 valence electrons. The van der Waals surface area contributed by atoms with Crippen LogP contribution in [0, 0.1) is 6.92 Å². The molecule has 0 aliphatic carbocycles. The van der Waals surface area contributed by atoms with Crippen LogP contribution in [0.15, 0.2) is 38.8 Å². The summed E-state index contributed by atoms with van der Waals surface area (Å²) in [6.07, 6.45) is 1.56. The third kappa shape index (κ3) is 4.17.